The van der Waals surface area contributed by atoms with Gasteiger partial charge in [0.1, 0.15) is 10.0 Å². The van der Waals surface area contributed by atoms with Gasteiger partial charge < -0.3 is 10.1 Å². The second kappa shape index (κ2) is 5.38. The van der Waals surface area contributed by atoms with E-state index >= 15 is 0 Å². The summed E-state index contributed by atoms with van der Waals surface area (Å²) < 4.78 is 5.21. The normalized spacial score (nSPS) is 15.4. The number of hydrogen-bond acceptors (Lipinski definition) is 5. The van der Waals surface area contributed by atoms with Crippen molar-refractivity contribution < 1.29 is 4.74 Å². The van der Waals surface area contributed by atoms with E-state index in [1.807, 2.05) is 13.8 Å². The number of aryl methyl sites for hydroxylation is 1. The second-order valence-electron chi connectivity index (χ2n) is 3.33. The summed E-state index contributed by atoms with van der Waals surface area (Å²) in [6.07, 6.45) is 0.212. The summed E-state index contributed by atoms with van der Waals surface area (Å²) in [4.78, 5) is 0. The predicted octanol–water partition coefficient (Wildman–Crippen LogP) is 1.36. The smallest absolute Gasteiger partial charge is 0.131 e. The van der Waals surface area contributed by atoms with Gasteiger partial charge in [-0.3, -0.25) is 0 Å². The standard InChI is InChI=1S/C9H17N3OS/c1-6(7(2)13-4)10-5-9-12-11-8(3)14-9/h6-7,10H,5H2,1-4H3. The van der Waals surface area contributed by atoms with Gasteiger partial charge in [-0.2, -0.15) is 0 Å². The van der Waals surface area contributed by atoms with E-state index in [0.29, 0.717) is 6.04 Å². The zero-order chi connectivity index (χ0) is 10.6. The molecule has 0 saturated carbocycles. The van der Waals surface area contributed by atoms with E-state index in [1.165, 1.54) is 0 Å². The zero-order valence-electron chi connectivity index (χ0n) is 9.07. The summed E-state index contributed by atoms with van der Waals surface area (Å²) in [7, 11) is 1.72. The number of nitrogens with one attached hydrogen (secondary N) is 1. The molecule has 0 aliphatic heterocycles. The summed E-state index contributed by atoms with van der Waals surface area (Å²) in [5, 5.41) is 13.4. The average molecular weight is 215 g/mol. The van der Waals surface area contributed by atoms with Gasteiger partial charge in [0.2, 0.25) is 0 Å². The maximum Gasteiger partial charge on any atom is 0.131 e. The van der Waals surface area contributed by atoms with Crippen LogP contribution in [0.5, 0.6) is 0 Å². The molecule has 5 heteroatoms. The molecule has 0 aromatic carbocycles. The third kappa shape index (κ3) is 3.32. The lowest BCUT2D eigenvalue weighted by molar-refractivity contribution is 0.0882. The van der Waals surface area contributed by atoms with Crippen LogP contribution < -0.4 is 5.32 Å². The Bertz CT molecular complexity index is 277. The highest BCUT2D eigenvalue weighted by molar-refractivity contribution is 7.11. The van der Waals surface area contributed by atoms with E-state index in [0.717, 1.165) is 16.6 Å². The molecule has 1 heterocycles. The van der Waals surface area contributed by atoms with Crippen molar-refractivity contribution in [2.45, 2.75) is 39.5 Å². The van der Waals surface area contributed by atoms with Gasteiger partial charge in [0.15, 0.2) is 0 Å². The lowest BCUT2D eigenvalue weighted by Crippen LogP contribution is -2.36. The van der Waals surface area contributed by atoms with Crippen LogP contribution in [0.4, 0.5) is 0 Å². The van der Waals surface area contributed by atoms with E-state index in [9.17, 15) is 0 Å². The summed E-state index contributed by atoms with van der Waals surface area (Å²) in [5.41, 5.74) is 0. The molecule has 14 heavy (non-hydrogen) atoms. The minimum absolute atomic E-state index is 0.212. The van der Waals surface area contributed by atoms with Gasteiger partial charge in [0, 0.05) is 13.2 Å². The fraction of sp³-hybridized carbons (Fsp3) is 0.778. The summed E-state index contributed by atoms with van der Waals surface area (Å²) in [5.74, 6) is 0. The van der Waals surface area contributed by atoms with Crippen LogP contribution in [0.1, 0.15) is 23.9 Å². The first-order valence-corrected chi connectivity index (χ1v) is 5.50. The maximum atomic E-state index is 5.21. The first kappa shape index (κ1) is 11.6. The first-order valence-electron chi connectivity index (χ1n) is 4.68. The Morgan fingerprint density at radius 1 is 1.43 bits per heavy atom. The first-order chi connectivity index (χ1) is 6.63. The number of ether oxygens (including phenoxy) is 1. The van der Waals surface area contributed by atoms with Crippen LogP contribution >= 0.6 is 11.3 Å². The molecule has 2 unspecified atom stereocenters. The molecular formula is C9H17N3OS. The SMILES string of the molecule is COC(C)C(C)NCc1nnc(C)s1. The molecule has 2 atom stereocenters. The van der Waals surface area contributed by atoms with Gasteiger partial charge in [-0.15, -0.1) is 21.5 Å². The Morgan fingerprint density at radius 2 is 2.14 bits per heavy atom. The molecule has 0 aliphatic carbocycles. The Morgan fingerprint density at radius 3 is 2.64 bits per heavy atom. The van der Waals surface area contributed by atoms with Crippen LogP contribution in [-0.4, -0.2) is 29.5 Å². The average Bonchev–Trinajstić information content (AvgIpc) is 2.59. The highest BCUT2D eigenvalue weighted by Gasteiger charge is 2.10. The molecule has 1 aromatic rings. The van der Waals surface area contributed by atoms with E-state index in [4.69, 9.17) is 4.74 Å². The van der Waals surface area contributed by atoms with Crippen molar-refractivity contribution in [3.8, 4) is 0 Å². The Kier molecular flexibility index (Phi) is 4.44. The zero-order valence-corrected chi connectivity index (χ0v) is 9.89. The van der Waals surface area contributed by atoms with E-state index in [1.54, 1.807) is 18.4 Å². The molecular weight excluding hydrogens is 198 g/mol. The van der Waals surface area contributed by atoms with Crippen LogP contribution in [0, 0.1) is 6.92 Å². The fourth-order valence-electron chi connectivity index (χ4n) is 1.03. The molecule has 0 radical (unpaired) electrons. The summed E-state index contributed by atoms with van der Waals surface area (Å²) in [6, 6.07) is 0.323. The minimum Gasteiger partial charge on any atom is -0.380 e. The lowest BCUT2D eigenvalue weighted by Gasteiger charge is -2.18. The molecule has 0 aliphatic rings. The number of methoxy groups -OCH3 is 1. The van der Waals surface area contributed by atoms with Crippen LogP contribution in [0.25, 0.3) is 0 Å². The largest absolute Gasteiger partial charge is 0.380 e. The Labute approximate surface area is 88.7 Å². The van der Waals surface area contributed by atoms with E-state index < -0.39 is 0 Å². The molecule has 0 amide bonds. The van der Waals surface area contributed by atoms with Crippen LogP contribution in [-0.2, 0) is 11.3 Å². The van der Waals surface area contributed by atoms with Crippen LogP contribution in [0.3, 0.4) is 0 Å². The predicted molar refractivity (Wildman–Crippen MR) is 57.4 cm³/mol. The van der Waals surface area contributed by atoms with Crippen LogP contribution in [0.2, 0.25) is 0 Å². The molecule has 4 nitrogen and oxygen atoms in total. The number of nitrogens with zero attached hydrogens (tertiary/aromatic N) is 2. The van der Waals surface area contributed by atoms with Crippen molar-refractivity contribution in [1.29, 1.82) is 0 Å². The fourth-order valence-corrected chi connectivity index (χ4v) is 1.69. The molecule has 0 fully saturated rings. The van der Waals surface area contributed by atoms with Gasteiger partial charge in [0.05, 0.1) is 12.6 Å². The number of hydrogen-bond donors (Lipinski definition) is 1. The summed E-state index contributed by atoms with van der Waals surface area (Å²) in [6.45, 7) is 6.87. The third-order valence-electron chi connectivity index (χ3n) is 2.22. The second-order valence-corrected chi connectivity index (χ2v) is 4.59. The molecule has 0 spiro atoms. The Hall–Kier alpha value is -0.520. The monoisotopic (exact) mass is 215 g/mol. The van der Waals surface area contributed by atoms with Crippen molar-refractivity contribution >= 4 is 11.3 Å². The molecule has 80 valence electrons. The number of rotatable bonds is 5. The van der Waals surface area contributed by atoms with Gasteiger partial charge in [-0.25, -0.2) is 0 Å². The van der Waals surface area contributed by atoms with Crippen LogP contribution in [0.15, 0.2) is 0 Å². The van der Waals surface area contributed by atoms with Crippen molar-refractivity contribution in [2.75, 3.05) is 7.11 Å². The van der Waals surface area contributed by atoms with Crippen molar-refractivity contribution in [1.82, 2.24) is 15.5 Å². The van der Waals surface area contributed by atoms with Gasteiger partial charge in [0.25, 0.3) is 0 Å². The van der Waals surface area contributed by atoms with Crippen molar-refractivity contribution in [3.63, 3.8) is 0 Å². The number of aromatic nitrogens is 2. The highest BCUT2D eigenvalue weighted by atomic mass is 32.1. The third-order valence-corrected chi connectivity index (χ3v) is 3.06. The minimum atomic E-state index is 0.212. The van der Waals surface area contributed by atoms with Gasteiger partial charge >= 0.3 is 0 Å². The topological polar surface area (TPSA) is 47.0 Å². The molecule has 0 saturated heterocycles. The highest BCUT2D eigenvalue weighted by Crippen LogP contribution is 2.08. The molecule has 1 aromatic heterocycles. The maximum absolute atomic E-state index is 5.21. The molecule has 0 bridgehead atoms. The van der Waals surface area contributed by atoms with Crippen molar-refractivity contribution in [3.05, 3.63) is 10.0 Å². The summed E-state index contributed by atoms with van der Waals surface area (Å²) >= 11 is 1.62. The van der Waals surface area contributed by atoms with E-state index in [-0.39, 0.29) is 6.10 Å². The quantitative estimate of drug-likeness (QED) is 0.805. The van der Waals surface area contributed by atoms with Gasteiger partial charge in [-0.05, 0) is 20.8 Å². The Balaban J connectivity index is 2.33. The van der Waals surface area contributed by atoms with E-state index in [2.05, 4.69) is 22.4 Å². The molecule has 1 rings (SSSR count). The van der Waals surface area contributed by atoms with Crippen molar-refractivity contribution in [2.24, 2.45) is 0 Å². The van der Waals surface area contributed by atoms with Gasteiger partial charge in [-0.1, -0.05) is 0 Å². The lowest BCUT2D eigenvalue weighted by atomic mass is 10.2. The molecule has 1 N–H and O–H groups in total.